The first-order valence-electron chi connectivity index (χ1n) is 2.05. The highest BCUT2D eigenvalue weighted by Crippen LogP contribution is 1.55. The molecule has 34 valence electrons. The maximum atomic E-state index is 4.72. The van der Waals surface area contributed by atoms with Crippen LogP contribution < -0.4 is 5.23 Å². The quantitative estimate of drug-likeness (QED) is 0.307. The van der Waals surface area contributed by atoms with E-state index in [0.717, 1.165) is 13.2 Å². The van der Waals surface area contributed by atoms with Crippen LogP contribution in [0.25, 0.3) is 0 Å². The van der Waals surface area contributed by atoms with E-state index in [0.29, 0.717) is 0 Å². The highest BCUT2D eigenvalue weighted by Gasteiger charge is 1.72. The Kier molecular flexibility index (Phi) is 5.09. The van der Waals surface area contributed by atoms with Gasteiger partial charge in [-0.15, -0.1) is 0 Å². The fourth-order valence-corrected chi connectivity index (χ4v) is 0.204. The van der Waals surface area contributed by atoms with Crippen molar-refractivity contribution in [2.45, 2.75) is 0 Å². The summed E-state index contributed by atoms with van der Waals surface area (Å²) in [7, 11) is 3.59. The van der Waals surface area contributed by atoms with E-state index in [1.54, 1.807) is 8.05 Å². The molecule has 0 aromatic heterocycles. The molecule has 0 saturated heterocycles. The van der Waals surface area contributed by atoms with Gasteiger partial charge in [-0.25, -0.2) is 0 Å². The Labute approximate surface area is 40.1 Å². The lowest BCUT2D eigenvalue weighted by Crippen LogP contribution is -2.14. The van der Waals surface area contributed by atoms with Crippen LogP contribution in [0.5, 0.6) is 0 Å². The predicted octanol–water partition coefficient (Wildman–Crippen LogP) is -2.31. The maximum Gasteiger partial charge on any atom is 0.257 e. The molecular weight excluding hydrogens is 75.7 g/mol. The molecule has 1 N–H and O–H groups in total. The fraction of sp³-hybridized carbons (Fsp3) is 1.00. The van der Waals surface area contributed by atoms with Crippen LogP contribution in [-0.2, 0) is 4.65 Å². The van der Waals surface area contributed by atoms with E-state index in [4.69, 9.17) is 4.65 Å². The smallest absolute Gasteiger partial charge is 0.257 e. The Morgan fingerprint density at radius 3 is 2.50 bits per heavy atom. The molecule has 0 aliphatic carbocycles. The lowest BCUT2D eigenvalue weighted by molar-refractivity contribution is 0.356. The van der Waals surface area contributed by atoms with Gasteiger partial charge in [0.25, 0.3) is 8.05 Å². The van der Waals surface area contributed by atoms with Crippen molar-refractivity contribution in [1.29, 1.82) is 0 Å². The van der Waals surface area contributed by atoms with E-state index in [1.807, 2.05) is 7.98 Å². The number of hydrogen-bond donors (Lipinski definition) is 1. The molecule has 0 amide bonds. The molecule has 0 aromatic rings. The summed E-state index contributed by atoms with van der Waals surface area (Å²) in [5.74, 6) is 0. The Hall–Kier alpha value is 0.0499. The molecule has 0 unspecified atom stereocenters. The van der Waals surface area contributed by atoms with Crippen LogP contribution >= 0.6 is 0 Å². The fourth-order valence-electron chi connectivity index (χ4n) is 0.204. The van der Waals surface area contributed by atoms with Crippen molar-refractivity contribution in [2.75, 3.05) is 13.2 Å². The average molecular weight is 84.7 g/mol. The monoisotopic (exact) mass is 85.1 g/mol. The van der Waals surface area contributed by atoms with E-state index in [2.05, 4.69) is 5.23 Å². The second kappa shape index (κ2) is 5.05. The van der Waals surface area contributed by atoms with Gasteiger partial charge in [0.05, 0.1) is 0 Å². The highest BCUT2D eigenvalue weighted by molar-refractivity contribution is 6.04. The minimum atomic E-state index is 0.802. The molecule has 0 fully saturated rings. The van der Waals surface area contributed by atoms with E-state index in [9.17, 15) is 0 Å². The number of rotatable bonds is 3. The van der Waals surface area contributed by atoms with E-state index in [-0.39, 0.29) is 0 Å². The van der Waals surface area contributed by atoms with Crippen molar-refractivity contribution < 1.29 is 4.65 Å². The first-order valence-corrected chi connectivity index (χ1v) is 2.05. The zero-order valence-corrected chi connectivity index (χ0v) is 4.32. The molecule has 0 atom stereocenters. The zero-order valence-electron chi connectivity index (χ0n) is 4.32. The summed E-state index contributed by atoms with van der Waals surface area (Å²) in [5, 5.41) is 2.94. The minimum absolute atomic E-state index is 0.802. The van der Waals surface area contributed by atoms with Crippen molar-refractivity contribution in [3.05, 3.63) is 0 Å². The molecule has 0 aliphatic rings. The first kappa shape index (κ1) is 6.05. The van der Waals surface area contributed by atoms with Gasteiger partial charge >= 0.3 is 0 Å². The summed E-state index contributed by atoms with van der Waals surface area (Å²) in [6.07, 6.45) is 0. The highest BCUT2D eigenvalue weighted by atomic mass is 16.4. The Bertz CT molecular complexity index is 23.5. The van der Waals surface area contributed by atoms with Crippen molar-refractivity contribution >= 4 is 16.0 Å². The summed E-state index contributed by atoms with van der Waals surface area (Å²) in [5.41, 5.74) is 0. The topological polar surface area (TPSA) is 21.3 Å². The first-order chi connectivity index (χ1) is 2.91. The van der Waals surface area contributed by atoms with E-state index >= 15 is 0 Å². The van der Waals surface area contributed by atoms with Crippen LogP contribution in [0.3, 0.4) is 0 Å². The maximum absolute atomic E-state index is 4.72. The third-order valence-corrected chi connectivity index (χ3v) is 0.556. The molecule has 2 nitrogen and oxygen atoms in total. The van der Waals surface area contributed by atoms with Gasteiger partial charge in [-0.05, 0) is 0 Å². The largest absolute Gasteiger partial charge is 0.443 e. The average Bonchev–Trinajstić information content (AvgIpc) is 1.61. The zero-order chi connectivity index (χ0) is 4.83. The van der Waals surface area contributed by atoms with Crippen molar-refractivity contribution in [3.8, 4) is 0 Å². The van der Waals surface area contributed by atoms with Gasteiger partial charge in [0.2, 0.25) is 0 Å². The van der Waals surface area contributed by atoms with Gasteiger partial charge in [-0.3, -0.25) is 0 Å². The van der Waals surface area contributed by atoms with Crippen LogP contribution in [0.2, 0.25) is 0 Å². The minimum Gasteiger partial charge on any atom is -0.443 e. The summed E-state index contributed by atoms with van der Waals surface area (Å²) >= 11 is 0. The summed E-state index contributed by atoms with van der Waals surface area (Å²) in [6.45, 7) is 1.74. The third kappa shape index (κ3) is 4.05. The number of hydrogen-bond acceptors (Lipinski definition) is 2. The SMILES string of the molecule is BNCCOB. The molecule has 0 heterocycles. The second-order valence-corrected chi connectivity index (χ2v) is 1.10. The van der Waals surface area contributed by atoms with Crippen LogP contribution in [0.15, 0.2) is 0 Å². The molecule has 0 bridgehead atoms. The summed E-state index contributed by atoms with van der Waals surface area (Å²) < 4.78 is 4.72. The molecule has 0 rings (SSSR count). The van der Waals surface area contributed by atoms with Gasteiger partial charge in [0.15, 0.2) is 7.98 Å². The molecule has 4 heteroatoms. The predicted molar refractivity (Wildman–Crippen MR) is 31.0 cm³/mol. The van der Waals surface area contributed by atoms with Crippen molar-refractivity contribution in [1.82, 2.24) is 5.23 Å². The van der Waals surface area contributed by atoms with Gasteiger partial charge in [0.1, 0.15) is 0 Å². The molecule has 0 aromatic carbocycles. The van der Waals surface area contributed by atoms with Crippen molar-refractivity contribution in [3.63, 3.8) is 0 Å². The Morgan fingerprint density at radius 1 is 1.67 bits per heavy atom. The molecule has 0 saturated carbocycles. The lowest BCUT2D eigenvalue weighted by Gasteiger charge is -1.92. The van der Waals surface area contributed by atoms with Gasteiger partial charge < -0.3 is 9.88 Å². The second-order valence-electron chi connectivity index (χ2n) is 1.10. The van der Waals surface area contributed by atoms with Crippen molar-refractivity contribution in [2.24, 2.45) is 0 Å². The molecular formula is C2H9B2NO. The molecule has 0 spiro atoms. The Morgan fingerprint density at radius 2 is 2.33 bits per heavy atom. The summed E-state index contributed by atoms with van der Waals surface area (Å²) in [6, 6.07) is 0. The van der Waals surface area contributed by atoms with Gasteiger partial charge in [0, 0.05) is 13.2 Å². The standard InChI is InChI=1S/C2H9B2NO/c3-5-1-2-6-4/h5H,1-4H2. The van der Waals surface area contributed by atoms with Crippen LogP contribution in [-0.4, -0.2) is 29.2 Å². The van der Waals surface area contributed by atoms with Crippen LogP contribution in [0.1, 0.15) is 0 Å². The van der Waals surface area contributed by atoms with Crippen LogP contribution in [0.4, 0.5) is 0 Å². The Balaban J connectivity index is 2.34. The van der Waals surface area contributed by atoms with Gasteiger partial charge in [-0.1, -0.05) is 0 Å². The van der Waals surface area contributed by atoms with E-state index in [1.165, 1.54) is 0 Å². The normalized spacial score (nSPS) is 8.67. The van der Waals surface area contributed by atoms with Crippen LogP contribution in [0, 0.1) is 0 Å². The number of nitrogens with one attached hydrogen (secondary N) is 1. The van der Waals surface area contributed by atoms with E-state index < -0.39 is 0 Å². The van der Waals surface area contributed by atoms with Gasteiger partial charge in [-0.2, -0.15) is 0 Å². The third-order valence-electron chi connectivity index (χ3n) is 0.556. The molecule has 0 radical (unpaired) electrons. The lowest BCUT2D eigenvalue weighted by atomic mass is 10.4. The molecule has 6 heavy (non-hydrogen) atoms. The molecule has 0 aliphatic heterocycles. The summed E-state index contributed by atoms with van der Waals surface area (Å²) in [4.78, 5) is 0.